The highest BCUT2D eigenvalue weighted by Gasteiger charge is 1.75. The average Bonchev–Trinajstić information content (AvgIpc) is 1.77. The molecule has 0 saturated heterocycles. The quantitative estimate of drug-likeness (QED) is 0.562. The molecule has 0 aliphatic rings. The van der Waals surface area contributed by atoms with Gasteiger partial charge in [0.15, 0.2) is 0 Å². The van der Waals surface area contributed by atoms with Crippen molar-refractivity contribution in [3.63, 3.8) is 0 Å². The molecule has 1 heterocycles. The number of nitrogens with zero attached hydrogens (tertiary/aromatic N) is 1. The van der Waals surface area contributed by atoms with Crippen molar-refractivity contribution in [2.24, 2.45) is 0 Å². The summed E-state index contributed by atoms with van der Waals surface area (Å²) >= 11 is 3.20. The molecular formula is C5H4BrN. The highest BCUT2D eigenvalue weighted by Crippen LogP contribution is 2.02. The molecule has 1 aromatic rings. The molecule has 0 amide bonds. The van der Waals surface area contributed by atoms with Crippen LogP contribution in [0.25, 0.3) is 0 Å². The van der Waals surface area contributed by atoms with E-state index >= 15 is 0 Å². The van der Waals surface area contributed by atoms with Crippen LogP contribution in [-0.2, 0) is 0 Å². The van der Waals surface area contributed by atoms with Crippen LogP contribution in [0.1, 0.15) is 1.37 Å². The molecule has 36 valence electrons. The van der Waals surface area contributed by atoms with Gasteiger partial charge in [-0.2, -0.15) is 0 Å². The first-order chi connectivity index (χ1) is 3.79. The minimum Gasteiger partial charge on any atom is -0.264 e. The molecule has 1 aromatic heterocycles. The predicted molar refractivity (Wildman–Crippen MR) is 31.9 cm³/mol. The Bertz CT molecular complexity index is 151. The Hall–Kier alpha value is -0.370. The van der Waals surface area contributed by atoms with Crippen LogP contribution in [-0.4, -0.2) is 4.98 Å². The third kappa shape index (κ3) is 1.27. The van der Waals surface area contributed by atoms with Crippen molar-refractivity contribution >= 4 is 15.9 Å². The van der Waals surface area contributed by atoms with Crippen molar-refractivity contribution in [1.29, 1.82) is 0 Å². The molecule has 0 aromatic carbocycles. The number of rotatable bonds is 0. The molecule has 0 aliphatic carbocycles. The van der Waals surface area contributed by atoms with Gasteiger partial charge in [0.1, 0.15) is 0 Å². The lowest BCUT2D eigenvalue weighted by Crippen LogP contribution is -1.64. The van der Waals surface area contributed by atoms with E-state index in [4.69, 9.17) is 1.37 Å². The number of hydrogen-bond donors (Lipinski definition) is 0. The van der Waals surface area contributed by atoms with Crippen molar-refractivity contribution in [3.05, 3.63) is 29.0 Å². The van der Waals surface area contributed by atoms with Gasteiger partial charge in [0.05, 0.1) is 1.37 Å². The molecule has 0 saturated carbocycles. The number of aromatic nitrogens is 1. The Morgan fingerprint density at radius 2 is 2.71 bits per heavy atom. The second kappa shape index (κ2) is 2.07. The molecule has 0 N–H and O–H groups in total. The van der Waals surface area contributed by atoms with E-state index in [-0.39, 0.29) is 0 Å². The maximum Gasteiger partial charge on any atom is 0.0840 e. The fourth-order valence-electron chi connectivity index (χ4n) is 0.302. The molecule has 1 rings (SSSR count). The van der Waals surface area contributed by atoms with Gasteiger partial charge in [-0.1, -0.05) is 0 Å². The van der Waals surface area contributed by atoms with Gasteiger partial charge in [0, 0.05) is 16.8 Å². The van der Waals surface area contributed by atoms with E-state index < -0.39 is 0 Å². The lowest BCUT2D eigenvalue weighted by Gasteiger charge is -1.80. The molecule has 0 aliphatic heterocycles. The maximum absolute atomic E-state index is 6.96. The summed E-state index contributed by atoms with van der Waals surface area (Å²) in [5, 5.41) is 0. The molecular weight excluding hydrogens is 154 g/mol. The first-order valence-electron chi connectivity index (χ1n) is 2.37. The SMILES string of the molecule is [2H]c1ccc(Br)cn1. The smallest absolute Gasteiger partial charge is 0.0840 e. The molecule has 0 unspecified atom stereocenters. The Kier molecular flexibility index (Phi) is 1.07. The van der Waals surface area contributed by atoms with Gasteiger partial charge in [-0.05, 0) is 28.1 Å². The Morgan fingerprint density at radius 1 is 1.86 bits per heavy atom. The summed E-state index contributed by atoms with van der Waals surface area (Å²) in [6.07, 6.45) is 1.90. The lowest BCUT2D eigenvalue weighted by atomic mass is 10.5. The summed E-state index contributed by atoms with van der Waals surface area (Å²) < 4.78 is 7.87. The maximum atomic E-state index is 6.96. The summed E-state index contributed by atoms with van der Waals surface area (Å²) in [6, 6.07) is 3.42. The molecule has 0 spiro atoms. The molecule has 0 atom stereocenters. The third-order valence-corrected chi connectivity index (χ3v) is 1.05. The average molecular weight is 159 g/mol. The number of halogens is 1. The van der Waals surface area contributed by atoms with Crippen LogP contribution in [0.5, 0.6) is 0 Å². The number of pyridine rings is 1. The van der Waals surface area contributed by atoms with E-state index in [1.54, 1.807) is 18.3 Å². The van der Waals surface area contributed by atoms with E-state index in [0.717, 1.165) is 4.47 Å². The van der Waals surface area contributed by atoms with Gasteiger partial charge in [0.25, 0.3) is 0 Å². The Balaban J connectivity index is 3.03. The Labute approximate surface area is 51.9 Å². The highest BCUT2D eigenvalue weighted by atomic mass is 79.9. The van der Waals surface area contributed by atoms with Crippen molar-refractivity contribution in [2.45, 2.75) is 0 Å². The van der Waals surface area contributed by atoms with Crippen LogP contribution in [0.2, 0.25) is 0 Å². The predicted octanol–water partition coefficient (Wildman–Crippen LogP) is 1.84. The third-order valence-electron chi connectivity index (χ3n) is 0.580. The van der Waals surface area contributed by atoms with E-state index in [1.807, 2.05) is 0 Å². The fraction of sp³-hybridized carbons (Fsp3) is 0. The van der Waals surface area contributed by atoms with Gasteiger partial charge in [-0.3, -0.25) is 4.98 Å². The van der Waals surface area contributed by atoms with Gasteiger partial charge in [0.2, 0.25) is 0 Å². The van der Waals surface area contributed by atoms with E-state index in [0.29, 0.717) is 6.17 Å². The minimum atomic E-state index is 0.299. The molecule has 2 heteroatoms. The zero-order valence-corrected chi connectivity index (χ0v) is 5.14. The van der Waals surface area contributed by atoms with Crippen LogP contribution in [0.15, 0.2) is 29.0 Å². The monoisotopic (exact) mass is 158 g/mol. The Morgan fingerprint density at radius 3 is 3.14 bits per heavy atom. The molecule has 0 fully saturated rings. The van der Waals surface area contributed by atoms with Crippen LogP contribution >= 0.6 is 15.9 Å². The molecule has 0 radical (unpaired) electrons. The van der Waals surface area contributed by atoms with Crippen molar-refractivity contribution in [1.82, 2.24) is 4.98 Å². The van der Waals surface area contributed by atoms with Crippen molar-refractivity contribution in [3.8, 4) is 0 Å². The largest absolute Gasteiger partial charge is 0.264 e. The second-order valence-corrected chi connectivity index (χ2v) is 2.02. The van der Waals surface area contributed by atoms with E-state index in [9.17, 15) is 0 Å². The van der Waals surface area contributed by atoms with Crippen molar-refractivity contribution < 1.29 is 1.37 Å². The summed E-state index contributed by atoms with van der Waals surface area (Å²) in [6.45, 7) is 0. The van der Waals surface area contributed by atoms with E-state index in [1.165, 1.54) is 0 Å². The number of hydrogen-bond acceptors (Lipinski definition) is 1. The zero-order valence-electron chi connectivity index (χ0n) is 4.56. The van der Waals surface area contributed by atoms with Crippen LogP contribution < -0.4 is 0 Å². The second-order valence-electron chi connectivity index (χ2n) is 1.11. The summed E-state index contributed by atoms with van der Waals surface area (Å²) in [5.41, 5.74) is 0. The first-order valence-corrected chi connectivity index (χ1v) is 2.66. The van der Waals surface area contributed by atoms with Crippen LogP contribution in [0, 0.1) is 0 Å². The molecule has 1 nitrogen and oxygen atoms in total. The van der Waals surface area contributed by atoms with Crippen LogP contribution in [0.4, 0.5) is 0 Å². The van der Waals surface area contributed by atoms with Gasteiger partial charge in [-0.15, -0.1) is 0 Å². The van der Waals surface area contributed by atoms with Gasteiger partial charge < -0.3 is 0 Å². The highest BCUT2D eigenvalue weighted by molar-refractivity contribution is 9.10. The van der Waals surface area contributed by atoms with Crippen molar-refractivity contribution in [2.75, 3.05) is 0 Å². The fourth-order valence-corrected chi connectivity index (χ4v) is 0.536. The normalized spacial score (nSPS) is 10.7. The first kappa shape index (κ1) is 3.61. The minimum absolute atomic E-state index is 0.299. The lowest BCUT2D eigenvalue weighted by molar-refractivity contribution is 1.31. The van der Waals surface area contributed by atoms with Gasteiger partial charge in [-0.25, -0.2) is 0 Å². The van der Waals surface area contributed by atoms with E-state index in [2.05, 4.69) is 20.9 Å². The zero-order chi connectivity index (χ0) is 5.98. The summed E-state index contributed by atoms with van der Waals surface area (Å²) in [5.74, 6) is 0. The van der Waals surface area contributed by atoms with Crippen LogP contribution in [0.3, 0.4) is 0 Å². The van der Waals surface area contributed by atoms with Gasteiger partial charge >= 0.3 is 0 Å². The topological polar surface area (TPSA) is 12.9 Å². The molecule has 0 bridgehead atoms. The molecule has 7 heavy (non-hydrogen) atoms. The summed E-state index contributed by atoms with van der Waals surface area (Å²) in [7, 11) is 0. The summed E-state index contributed by atoms with van der Waals surface area (Å²) in [4.78, 5) is 3.70. The standard InChI is InChI=1S/C5H4BrN/c6-5-2-1-3-7-4-5/h1-4H/i3D.